The van der Waals surface area contributed by atoms with E-state index in [0.29, 0.717) is 0 Å². The molecule has 0 saturated heterocycles. The maximum atomic E-state index is 6.62. The molecule has 0 fully saturated rings. The van der Waals surface area contributed by atoms with Gasteiger partial charge in [0.1, 0.15) is 0 Å². The lowest BCUT2D eigenvalue weighted by Crippen LogP contribution is -2.23. The second kappa shape index (κ2) is 10.4. The molecule has 0 radical (unpaired) electrons. The van der Waals surface area contributed by atoms with Crippen molar-refractivity contribution in [2.24, 2.45) is 0 Å². The van der Waals surface area contributed by atoms with E-state index in [2.05, 4.69) is 20.4 Å². The standard InChI is InChI=1S/C14H29ClSi/c1-4-7-8-9-10-11-12-13-14-16(15,5-2)6-3/h4H,1,5-14H2,2-3H3. The molecule has 0 saturated carbocycles. The van der Waals surface area contributed by atoms with E-state index in [1.54, 1.807) is 0 Å². The zero-order valence-electron chi connectivity index (χ0n) is 11.2. The number of hydrogen-bond donors (Lipinski definition) is 0. The zero-order chi connectivity index (χ0) is 12.3. The van der Waals surface area contributed by atoms with Gasteiger partial charge in [-0.05, 0) is 31.0 Å². The van der Waals surface area contributed by atoms with Crippen molar-refractivity contribution in [2.75, 3.05) is 0 Å². The number of allylic oxidation sites excluding steroid dienone is 1. The Hall–Kier alpha value is 0.247. The van der Waals surface area contributed by atoms with Crippen LogP contribution in [0.1, 0.15) is 58.8 Å². The predicted molar refractivity (Wildman–Crippen MR) is 79.9 cm³/mol. The maximum Gasteiger partial charge on any atom is 0.156 e. The maximum absolute atomic E-state index is 6.62. The van der Waals surface area contributed by atoms with Gasteiger partial charge in [-0.25, -0.2) is 0 Å². The highest BCUT2D eigenvalue weighted by molar-refractivity contribution is 7.20. The minimum Gasteiger partial charge on any atom is -0.167 e. The van der Waals surface area contributed by atoms with Gasteiger partial charge in [-0.15, -0.1) is 6.58 Å². The van der Waals surface area contributed by atoms with Crippen molar-refractivity contribution in [1.29, 1.82) is 0 Å². The molecule has 0 aliphatic heterocycles. The molecule has 0 atom stereocenters. The van der Waals surface area contributed by atoms with Crippen LogP contribution in [0.4, 0.5) is 0 Å². The molecule has 2 heteroatoms. The molecule has 0 amide bonds. The first kappa shape index (κ1) is 16.2. The first-order valence-corrected chi connectivity index (χ1v) is 10.6. The van der Waals surface area contributed by atoms with Gasteiger partial charge in [0.2, 0.25) is 0 Å². The van der Waals surface area contributed by atoms with Crippen LogP contribution in [0, 0.1) is 0 Å². The van der Waals surface area contributed by atoms with Gasteiger partial charge in [0.15, 0.2) is 7.38 Å². The van der Waals surface area contributed by atoms with Crippen molar-refractivity contribution in [1.82, 2.24) is 0 Å². The molecule has 0 unspecified atom stereocenters. The molecule has 0 aromatic rings. The molecule has 0 aliphatic carbocycles. The van der Waals surface area contributed by atoms with Crippen LogP contribution in [-0.4, -0.2) is 7.38 Å². The molecule has 0 bridgehead atoms. The Kier molecular flexibility index (Phi) is 10.6. The summed E-state index contributed by atoms with van der Waals surface area (Å²) in [5.74, 6) is 0. The number of unbranched alkanes of at least 4 members (excludes halogenated alkanes) is 6. The second-order valence-corrected chi connectivity index (χ2v) is 11.4. The topological polar surface area (TPSA) is 0 Å². The Morgan fingerprint density at radius 2 is 1.44 bits per heavy atom. The van der Waals surface area contributed by atoms with E-state index in [4.69, 9.17) is 11.1 Å². The summed E-state index contributed by atoms with van der Waals surface area (Å²) in [6.45, 7) is 8.27. The fourth-order valence-corrected chi connectivity index (χ4v) is 4.53. The number of rotatable bonds is 11. The molecule has 0 spiro atoms. The SMILES string of the molecule is C=CCCCCCCCC[Si](Cl)(CC)CC. The predicted octanol–water partition coefficient (Wildman–Crippen LogP) is 6.13. The van der Waals surface area contributed by atoms with Crippen molar-refractivity contribution in [3.63, 3.8) is 0 Å². The van der Waals surface area contributed by atoms with E-state index in [-0.39, 0.29) is 0 Å². The Morgan fingerprint density at radius 1 is 0.938 bits per heavy atom. The molecule has 16 heavy (non-hydrogen) atoms. The van der Waals surface area contributed by atoms with Crippen LogP contribution >= 0.6 is 11.1 Å². The van der Waals surface area contributed by atoms with E-state index < -0.39 is 7.38 Å². The highest BCUT2D eigenvalue weighted by atomic mass is 35.6. The largest absolute Gasteiger partial charge is 0.167 e. The molecular formula is C14H29ClSi. The minimum absolute atomic E-state index is 1.18. The summed E-state index contributed by atoms with van der Waals surface area (Å²) < 4.78 is 0. The summed E-state index contributed by atoms with van der Waals surface area (Å²) in [4.78, 5) is 0. The molecule has 96 valence electrons. The molecule has 0 aromatic heterocycles. The lowest BCUT2D eigenvalue weighted by Gasteiger charge is -2.20. The first-order chi connectivity index (χ1) is 7.68. The van der Waals surface area contributed by atoms with Gasteiger partial charge < -0.3 is 0 Å². The summed E-state index contributed by atoms with van der Waals surface area (Å²) in [5.41, 5.74) is 0. The molecule has 0 aromatic carbocycles. The van der Waals surface area contributed by atoms with Gasteiger partial charge in [0, 0.05) is 0 Å². The van der Waals surface area contributed by atoms with E-state index >= 15 is 0 Å². The third-order valence-electron chi connectivity index (χ3n) is 3.55. The van der Waals surface area contributed by atoms with Crippen LogP contribution < -0.4 is 0 Å². The Balaban J connectivity index is 3.29. The third kappa shape index (κ3) is 8.40. The van der Waals surface area contributed by atoms with Crippen molar-refractivity contribution in [3.05, 3.63) is 12.7 Å². The molecule has 0 N–H and O–H groups in total. The minimum atomic E-state index is -1.32. The smallest absolute Gasteiger partial charge is 0.156 e. The van der Waals surface area contributed by atoms with Gasteiger partial charge in [-0.3, -0.25) is 0 Å². The van der Waals surface area contributed by atoms with E-state index in [0.717, 1.165) is 0 Å². The quantitative estimate of drug-likeness (QED) is 0.182. The molecule has 0 rings (SSSR count). The van der Waals surface area contributed by atoms with E-state index in [1.807, 2.05) is 6.08 Å². The highest BCUT2D eigenvalue weighted by Crippen LogP contribution is 2.27. The van der Waals surface area contributed by atoms with Crippen LogP contribution in [0.25, 0.3) is 0 Å². The van der Waals surface area contributed by atoms with Gasteiger partial charge in [-0.2, -0.15) is 11.1 Å². The summed E-state index contributed by atoms with van der Waals surface area (Å²) in [6, 6.07) is 3.81. The van der Waals surface area contributed by atoms with Crippen LogP contribution in [-0.2, 0) is 0 Å². The second-order valence-electron chi connectivity index (χ2n) is 4.81. The Morgan fingerprint density at radius 3 is 1.94 bits per heavy atom. The van der Waals surface area contributed by atoms with Gasteiger partial charge in [-0.1, -0.05) is 52.0 Å². The molecular weight excluding hydrogens is 232 g/mol. The third-order valence-corrected chi connectivity index (χ3v) is 9.51. The molecule has 0 nitrogen and oxygen atoms in total. The van der Waals surface area contributed by atoms with E-state index in [9.17, 15) is 0 Å². The summed E-state index contributed by atoms with van der Waals surface area (Å²) >= 11 is 6.62. The average molecular weight is 261 g/mol. The van der Waals surface area contributed by atoms with Crippen LogP contribution in [0.2, 0.25) is 18.1 Å². The van der Waals surface area contributed by atoms with Crippen molar-refractivity contribution in [3.8, 4) is 0 Å². The zero-order valence-corrected chi connectivity index (χ0v) is 13.0. The van der Waals surface area contributed by atoms with Crippen LogP contribution in [0.15, 0.2) is 12.7 Å². The molecule has 0 aliphatic rings. The fraction of sp³-hybridized carbons (Fsp3) is 0.857. The Bertz CT molecular complexity index is 164. The van der Waals surface area contributed by atoms with Crippen molar-refractivity contribution < 1.29 is 0 Å². The summed E-state index contributed by atoms with van der Waals surface area (Å²) in [7, 11) is -1.32. The normalized spacial score (nSPS) is 11.7. The fourth-order valence-electron chi connectivity index (χ4n) is 2.04. The first-order valence-electron chi connectivity index (χ1n) is 6.98. The van der Waals surface area contributed by atoms with Crippen LogP contribution in [0.3, 0.4) is 0 Å². The number of hydrogen-bond acceptors (Lipinski definition) is 0. The summed E-state index contributed by atoms with van der Waals surface area (Å²) in [5, 5.41) is 0. The van der Waals surface area contributed by atoms with Gasteiger partial charge in [0.25, 0.3) is 0 Å². The van der Waals surface area contributed by atoms with Gasteiger partial charge >= 0.3 is 0 Å². The molecule has 0 heterocycles. The lowest BCUT2D eigenvalue weighted by atomic mass is 10.1. The Labute approximate surface area is 108 Å². The summed E-state index contributed by atoms with van der Waals surface area (Å²) in [6.07, 6.45) is 11.4. The monoisotopic (exact) mass is 260 g/mol. The average Bonchev–Trinajstić information content (AvgIpc) is 2.32. The van der Waals surface area contributed by atoms with Gasteiger partial charge in [0.05, 0.1) is 0 Å². The number of halogens is 1. The van der Waals surface area contributed by atoms with Crippen molar-refractivity contribution in [2.45, 2.75) is 76.9 Å². The highest BCUT2D eigenvalue weighted by Gasteiger charge is 2.24. The van der Waals surface area contributed by atoms with E-state index in [1.165, 1.54) is 63.1 Å². The van der Waals surface area contributed by atoms with Crippen LogP contribution in [0.5, 0.6) is 0 Å². The lowest BCUT2D eigenvalue weighted by molar-refractivity contribution is 0.609. The van der Waals surface area contributed by atoms with Crippen molar-refractivity contribution >= 4 is 18.5 Å².